The Bertz CT molecular complexity index is 642. The third-order valence-corrected chi connectivity index (χ3v) is 4.42. The van der Waals surface area contributed by atoms with Crippen LogP contribution in [0.5, 0.6) is 5.75 Å². The standard InChI is InChI=1S/C19H29N3O4/c1-18(2)12-14(13-19(3,4)21-18)20-17(23)10-7-11-26-16-9-6-5-8-15(16)22(24)25/h5-6,8-9,14,21H,7,10-13H2,1-4H3,(H,20,23). The van der Waals surface area contributed by atoms with Gasteiger partial charge in [0.1, 0.15) is 0 Å². The summed E-state index contributed by atoms with van der Waals surface area (Å²) in [5.74, 6) is 0.231. The molecule has 2 rings (SSSR count). The number of nitrogens with zero attached hydrogens (tertiary/aromatic N) is 1. The van der Waals surface area contributed by atoms with Crippen molar-refractivity contribution in [2.75, 3.05) is 6.61 Å². The number of carbonyl (C=O) groups is 1. The van der Waals surface area contributed by atoms with Gasteiger partial charge in [0, 0.05) is 29.6 Å². The summed E-state index contributed by atoms with van der Waals surface area (Å²) < 4.78 is 5.47. The Balaban J connectivity index is 1.77. The molecule has 7 nitrogen and oxygen atoms in total. The first-order valence-corrected chi connectivity index (χ1v) is 9.03. The Morgan fingerprint density at radius 1 is 1.27 bits per heavy atom. The molecule has 1 amide bonds. The SMILES string of the molecule is CC1(C)CC(NC(=O)CCCOc2ccccc2[N+](=O)[O-])CC(C)(C)N1. The van der Waals surface area contributed by atoms with E-state index in [1.165, 1.54) is 6.07 Å². The molecule has 1 saturated heterocycles. The lowest BCUT2D eigenvalue weighted by Gasteiger charge is -2.46. The zero-order valence-electron chi connectivity index (χ0n) is 16.0. The lowest BCUT2D eigenvalue weighted by Crippen LogP contribution is -2.62. The highest BCUT2D eigenvalue weighted by Gasteiger charge is 2.38. The fraction of sp³-hybridized carbons (Fsp3) is 0.632. The number of nitrogens with one attached hydrogen (secondary N) is 2. The maximum atomic E-state index is 12.2. The molecule has 2 N–H and O–H groups in total. The molecule has 0 spiro atoms. The van der Waals surface area contributed by atoms with Crippen molar-refractivity contribution in [3.63, 3.8) is 0 Å². The molecule has 0 aliphatic carbocycles. The molecular formula is C19H29N3O4. The van der Waals surface area contributed by atoms with Crippen LogP contribution < -0.4 is 15.4 Å². The topological polar surface area (TPSA) is 93.5 Å². The highest BCUT2D eigenvalue weighted by Crippen LogP contribution is 2.28. The summed E-state index contributed by atoms with van der Waals surface area (Å²) >= 11 is 0. The summed E-state index contributed by atoms with van der Waals surface area (Å²) in [7, 11) is 0. The number of nitro groups is 1. The molecule has 0 atom stereocenters. The second-order valence-electron chi connectivity index (χ2n) is 8.24. The summed E-state index contributed by atoms with van der Waals surface area (Å²) in [4.78, 5) is 22.7. The normalized spacial score (nSPS) is 18.9. The predicted octanol–water partition coefficient (Wildman–Crippen LogP) is 3.18. The third-order valence-electron chi connectivity index (χ3n) is 4.42. The van der Waals surface area contributed by atoms with Crippen molar-refractivity contribution in [3.8, 4) is 5.75 Å². The van der Waals surface area contributed by atoms with Crippen LogP contribution in [0.15, 0.2) is 24.3 Å². The molecule has 7 heteroatoms. The van der Waals surface area contributed by atoms with Gasteiger partial charge in [-0.1, -0.05) is 12.1 Å². The second-order valence-corrected chi connectivity index (χ2v) is 8.24. The molecular weight excluding hydrogens is 334 g/mol. The highest BCUT2D eigenvalue weighted by atomic mass is 16.6. The van der Waals surface area contributed by atoms with E-state index in [4.69, 9.17) is 4.74 Å². The maximum absolute atomic E-state index is 12.2. The van der Waals surface area contributed by atoms with E-state index in [1.807, 2.05) is 0 Å². The zero-order valence-corrected chi connectivity index (χ0v) is 16.0. The van der Waals surface area contributed by atoms with Crippen LogP contribution in [-0.4, -0.2) is 34.6 Å². The van der Waals surface area contributed by atoms with Crippen LogP contribution in [0.2, 0.25) is 0 Å². The number of benzene rings is 1. The molecule has 0 saturated carbocycles. The summed E-state index contributed by atoms with van der Waals surface area (Å²) in [6.45, 7) is 8.85. The van der Waals surface area contributed by atoms with Crippen molar-refractivity contribution >= 4 is 11.6 Å². The maximum Gasteiger partial charge on any atom is 0.310 e. The number of amides is 1. The second kappa shape index (κ2) is 8.03. The number of para-hydroxylation sites is 2. The number of piperidine rings is 1. The fourth-order valence-corrected chi connectivity index (χ4v) is 3.87. The highest BCUT2D eigenvalue weighted by molar-refractivity contribution is 5.76. The van der Waals surface area contributed by atoms with E-state index in [2.05, 4.69) is 38.3 Å². The van der Waals surface area contributed by atoms with Crippen molar-refractivity contribution in [1.29, 1.82) is 0 Å². The number of hydrogen-bond acceptors (Lipinski definition) is 5. The number of rotatable bonds is 7. The van der Waals surface area contributed by atoms with Gasteiger partial charge >= 0.3 is 5.69 Å². The van der Waals surface area contributed by atoms with E-state index < -0.39 is 4.92 Å². The molecule has 26 heavy (non-hydrogen) atoms. The van der Waals surface area contributed by atoms with Crippen LogP contribution in [0.3, 0.4) is 0 Å². The summed E-state index contributed by atoms with van der Waals surface area (Å²) in [5, 5.41) is 17.7. The molecule has 0 aromatic heterocycles. The average molecular weight is 363 g/mol. The minimum absolute atomic E-state index is 0.00494. The van der Waals surface area contributed by atoms with Crippen LogP contribution in [0.25, 0.3) is 0 Å². The molecule has 1 fully saturated rings. The first-order valence-electron chi connectivity index (χ1n) is 9.03. The minimum Gasteiger partial charge on any atom is -0.487 e. The first-order chi connectivity index (χ1) is 12.1. The Morgan fingerprint density at radius 2 is 1.88 bits per heavy atom. The van der Waals surface area contributed by atoms with Crippen LogP contribution in [0.4, 0.5) is 5.69 Å². The quantitative estimate of drug-likeness (QED) is 0.441. The van der Waals surface area contributed by atoms with Crippen LogP contribution in [0.1, 0.15) is 53.4 Å². The van der Waals surface area contributed by atoms with E-state index in [0.29, 0.717) is 12.8 Å². The van der Waals surface area contributed by atoms with E-state index in [9.17, 15) is 14.9 Å². The molecule has 1 heterocycles. The average Bonchev–Trinajstić information content (AvgIpc) is 2.48. The molecule has 144 valence electrons. The van der Waals surface area contributed by atoms with Crippen molar-refractivity contribution in [1.82, 2.24) is 10.6 Å². The van der Waals surface area contributed by atoms with Gasteiger partial charge in [-0.2, -0.15) is 0 Å². The molecule has 0 unspecified atom stereocenters. The van der Waals surface area contributed by atoms with Gasteiger partial charge < -0.3 is 15.4 Å². The minimum atomic E-state index is -0.470. The van der Waals surface area contributed by atoms with Gasteiger partial charge in [-0.15, -0.1) is 0 Å². The largest absolute Gasteiger partial charge is 0.487 e. The molecule has 0 bridgehead atoms. The lowest BCUT2D eigenvalue weighted by molar-refractivity contribution is -0.385. The lowest BCUT2D eigenvalue weighted by atomic mass is 9.79. The van der Waals surface area contributed by atoms with Gasteiger partial charge in [0.2, 0.25) is 5.91 Å². The third kappa shape index (κ3) is 5.98. The van der Waals surface area contributed by atoms with Crippen LogP contribution >= 0.6 is 0 Å². The Hall–Kier alpha value is -2.15. The molecule has 1 aromatic carbocycles. The zero-order chi connectivity index (χ0) is 19.4. The summed E-state index contributed by atoms with van der Waals surface area (Å²) in [6, 6.07) is 6.40. The Labute approximate surface area is 154 Å². The van der Waals surface area contributed by atoms with Gasteiger partial charge in [-0.05, 0) is 53.0 Å². The van der Waals surface area contributed by atoms with E-state index in [0.717, 1.165) is 12.8 Å². The molecule has 1 aliphatic rings. The van der Waals surface area contributed by atoms with Crippen LogP contribution in [0, 0.1) is 10.1 Å². The van der Waals surface area contributed by atoms with E-state index in [1.54, 1.807) is 18.2 Å². The van der Waals surface area contributed by atoms with Gasteiger partial charge in [0.15, 0.2) is 5.75 Å². The van der Waals surface area contributed by atoms with Crippen molar-refractivity contribution in [2.45, 2.75) is 70.5 Å². The van der Waals surface area contributed by atoms with Crippen molar-refractivity contribution < 1.29 is 14.5 Å². The predicted molar refractivity (Wildman–Crippen MR) is 100 cm³/mol. The number of carbonyl (C=O) groups excluding carboxylic acids is 1. The van der Waals surface area contributed by atoms with Gasteiger partial charge in [-0.3, -0.25) is 14.9 Å². The fourth-order valence-electron chi connectivity index (χ4n) is 3.87. The number of ether oxygens (including phenoxy) is 1. The number of nitro benzene ring substituents is 1. The van der Waals surface area contributed by atoms with Gasteiger partial charge in [-0.25, -0.2) is 0 Å². The summed E-state index contributed by atoms with van der Waals surface area (Å²) in [5.41, 5.74) is -0.0967. The van der Waals surface area contributed by atoms with Gasteiger partial charge in [0.25, 0.3) is 0 Å². The Kier molecular flexibility index (Phi) is 6.23. The molecule has 0 radical (unpaired) electrons. The smallest absolute Gasteiger partial charge is 0.310 e. The first kappa shape index (κ1) is 20.2. The number of hydrogen-bond donors (Lipinski definition) is 2. The van der Waals surface area contributed by atoms with Gasteiger partial charge in [0.05, 0.1) is 11.5 Å². The summed E-state index contributed by atoms with van der Waals surface area (Å²) in [6.07, 6.45) is 2.62. The van der Waals surface area contributed by atoms with Crippen LogP contribution in [-0.2, 0) is 4.79 Å². The van der Waals surface area contributed by atoms with E-state index >= 15 is 0 Å². The molecule has 1 aliphatic heterocycles. The van der Waals surface area contributed by atoms with E-state index in [-0.39, 0.29) is 41.1 Å². The van der Waals surface area contributed by atoms with Crippen molar-refractivity contribution in [2.24, 2.45) is 0 Å². The monoisotopic (exact) mass is 363 g/mol. The Morgan fingerprint density at radius 3 is 2.50 bits per heavy atom. The van der Waals surface area contributed by atoms with Crippen molar-refractivity contribution in [3.05, 3.63) is 34.4 Å². The molecule has 1 aromatic rings.